The molecule has 1 aromatic heterocycles. The Morgan fingerprint density at radius 2 is 2.29 bits per heavy atom. The van der Waals surface area contributed by atoms with E-state index in [0.29, 0.717) is 17.0 Å². The highest BCUT2D eigenvalue weighted by molar-refractivity contribution is 6.30. The van der Waals surface area contributed by atoms with Crippen LogP contribution in [0.4, 0.5) is 0 Å². The summed E-state index contributed by atoms with van der Waals surface area (Å²) in [6, 6.07) is 6.92. The molecule has 14 heavy (non-hydrogen) atoms. The molecule has 1 heterocycles. The molecule has 0 atom stereocenters. The molecule has 6 heteroatoms. The molecule has 0 amide bonds. The van der Waals surface area contributed by atoms with Gasteiger partial charge in [0.2, 0.25) is 5.82 Å². The average molecular weight is 209 g/mol. The molecule has 0 bridgehead atoms. The lowest BCUT2D eigenvalue weighted by molar-refractivity contribution is 0.111. The molecule has 2 aromatic rings. The van der Waals surface area contributed by atoms with Gasteiger partial charge < -0.3 is 0 Å². The monoisotopic (exact) mass is 208 g/mol. The van der Waals surface area contributed by atoms with E-state index < -0.39 is 0 Å². The number of aromatic nitrogens is 4. The molecule has 1 aromatic carbocycles. The second-order valence-electron chi connectivity index (χ2n) is 2.55. The van der Waals surface area contributed by atoms with Crippen molar-refractivity contribution in [2.45, 2.75) is 0 Å². The lowest BCUT2D eigenvalue weighted by Crippen LogP contribution is -2.01. The Bertz CT molecular complexity index is 468. The van der Waals surface area contributed by atoms with Crippen molar-refractivity contribution in [3.63, 3.8) is 0 Å². The minimum Gasteiger partial charge on any atom is -0.294 e. The van der Waals surface area contributed by atoms with Gasteiger partial charge in [-0.05, 0) is 28.6 Å². The third-order valence-electron chi connectivity index (χ3n) is 1.65. The summed E-state index contributed by atoms with van der Waals surface area (Å²) in [5.41, 5.74) is 0.657. The topological polar surface area (TPSA) is 60.7 Å². The first-order valence-corrected chi connectivity index (χ1v) is 4.18. The molecule has 0 radical (unpaired) electrons. The minimum atomic E-state index is 0.146. The summed E-state index contributed by atoms with van der Waals surface area (Å²) in [6.07, 6.45) is 0.584. The van der Waals surface area contributed by atoms with E-state index in [1.807, 2.05) is 0 Å². The van der Waals surface area contributed by atoms with Crippen LogP contribution in [0.3, 0.4) is 0 Å². The van der Waals surface area contributed by atoms with E-state index >= 15 is 0 Å². The van der Waals surface area contributed by atoms with Crippen LogP contribution in [0.5, 0.6) is 0 Å². The van der Waals surface area contributed by atoms with Gasteiger partial charge in [-0.2, -0.15) is 4.68 Å². The van der Waals surface area contributed by atoms with Gasteiger partial charge in [0.1, 0.15) is 0 Å². The number of hydrogen-bond donors (Lipinski definition) is 0. The molecular formula is C8H5ClN4O. The molecule has 0 spiro atoms. The Labute approximate surface area is 84.3 Å². The maximum atomic E-state index is 10.6. The van der Waals surface area contributed by atoms with Crippen LogP contribution in [-0.4, -0.2) is 26.5 Å². The van der Waals surface area contributed by atoms with Gasteiger partial charge in [0.15, 0.2) is 6.29 Å². The summed E-state index contributed by atoms with van der Waals surface area (Å²) in [4.78, 5) is 10.6. The maximum Gasteiger partial charge on any atom is 0.219 e. The van der Waals surface area contributed by atoms with Crippen molar-refractivity contribution in [2.24, 2.45) is 0 Å². The maximum absolute atomic E-state index is 10.6. The SMILES string of the molecule is O=Cc1nnnn1-c1cccc(Cl)c1. The largest absolute Gasteiger partial charge is 0.294 e. The smallest absolute Gasteiger partial charge is 0.219 e. The van der Waals surface area contributed by atoms with E-state index in [1.54, 1.807) is 24.3 Å². The number of tetrazole rings is 1. The van der Waals surface area contributed by atoms with Gasteiger partial charge in [0.05, 0.1) is 5.69 Å². The Hall–Kier alpha value is -1.75. The fourth-order valence-corrected chi connectivity index (χ4v) is 1.24. The molecule has 0 saturated heterocycles. The quantitative estimate of drug-likeness (QED) is 0.694. The van der Waals surface area contributed by atoms with Crippen LogP contribution < -0.4 is 0 Å². The Morgan fingerprint density at radius 3 is 3.00 bits per heavy atom. The number of carbonyl (C=O) groups is 1. The molecule has 0 aliphatic rings. The van der Waals surface area contributed by atoms with Crippen LogP contribution in [0.25, 0.3) is 5.69 Å². The van der Waals surface area contributed by atoms with Crippen molar-refractivity contribution in [1.29, 1.82) is 0 Å². The summed E-state index contributed by atoms with van der Waals surface area (Å²) in [5.74, 6) is 0.146. The summed E-state index contributed by atoms with van der Waals surface area (Å²) in [5, 5.41) is 11.1. The van der Waals surface area contributed by atoms with E-state index in [9.17, 15) is 4.79 Å². The van der Waals surface area contributed by atoms with E-state index in [0.717, 1.165) is 0 Å². The van der Waals surface area contributed by atoms with Gasteiger partial charge in [-0.1, -0.05) is 17.7 Å². The van der Waals surface area contributed by atoms with Gasteiger partial charge in [0.25, 0.3) is 0 Å². The lowest BCUT2D eigenvalue weighted by Gasteiger charge is -1.99. The zero-order valence-corrected chi connectivity index (χ0v) is 7.72. The third kappa shape index (κ3) is 1.49. The van der Waals surface area contributed by atoms with Crippen molar-refractivity contribution < 1.29 is 4.79 Å². The highest BCUT2D eigenvalue weighted by atomic mass is 35.5. The van der Waals surface area contributed by atoms with Gasteiger partial charge in [-0.3, -0.25) is 4.79 Å². The van der Waals surface area contributed by atoms with Crippen LogP contribution >= 0.6 is 11.6 Å². The van der Waals surface area contributed by atoms with Gasteiger partial charge in [-0.15, -0.1) is 5.10 Å². The fourth-order valence-electron chi connectivity index (χ4n) is 1.06. The predicted octanol–water partition coefficient (Wildman–Crippen LogP) is 1.13. The standard InChI is InChI=1S/C8H5ClN4O/c9-6-2-1-3-7(4-6)13-8(5-14)10-11-12-13/h1-5H. The Balaban J connectivity index is 2.54. The second-order valence-corrected chi connectivity index (χ2v) is 2.98. The van der Waals surface area contributed by atoms with Gasteiger partial charge >= 0.3 is 0 Å². The van der Waals surface area contributed by atoms with Crippen LogP contribution in [-0.2, 0) is 0 Å². The van der Waals surface area contributed by atoms with Crippen LogP contribution in [0, 0.1) is 0 Å². The number of rotatable bonds is 2. The Morgan fingerprint density at radius 1 is 1.43 bits per heavy atom. The first-order chi connectivity index (χ1) is 6.81. The number of aldehydes is 1. The fraction of sp³-hybridized carbons (Fsp3) is 0. The highest BCUT2D eigenvalue weighted by Gasteiger charge is 2.06. The average Bonchev–Trinajstić information content (AvgIpc) is 2.65. The molecule has 0 saturated carbocycles. The van der Waals surface area contributed by atoms with E-state index in [4.69, 9.17) is 11.6 Å². The minimum absolute atomic E-state index is 0.146. The first-order valence-electron chi connectivity index (χ1n) is 3.81. The third-order valence-corrected chi connectivity index (χ3v) is 1.89. The normalized spacial score (nSPS) is 10.1. The van der Waals surface area contributed by atoms with Crippen LogP contribution in [0.1, 0.15) is 10.6 Å². The van der Waals surface area contributed by atoms with Crippen molar-refractivity contribution in [3.05, 3.63) is 35.1 Å². The van der Waals surface area contributed by atoms with Gasteiger partial charge in [0, 0.05) is 5.02 Å². The van der Waals surface area contributed by atoms with Crippen molar-refractivity contribution >= 4 is 17.9 Å². The molecule has 0 unspecified atom stereocenters. The summed E-state index contributed by atoms with van der Waals surface area (Å²) in [7, 11) is 0. The summed E-state index contributed by atoms with van der Waals surface area (Å²) >= 11 is 5.79. The van der Waals surface area contributed by atoms with E-state index in [2.05, 4.69) is 15.5 Å². The van der Waals surface area contributed by atoms with E-state index in [1.165, 1.54) is 4.68 Å². The zero-order valence-electron chi connectivity index (χ0n) is 6.96. The first kappa shape index (κ1) is 8.83. The van der Waals surface area contributed by atoms with E-state index in [-0.39, 0.29) is 5.82 Å². The number of carbonyl (C=O) groups excluding carboxylic acids is 1. The zero-order chi connectivity index (χ0) is 9.97. The molecule has 0 fully saturated rings. The second kappa shape index (κ2) is 3.55. The Kier molecular flexibility index (Phi) is 2.24. The highest BCUT2D eigenvalue weighted by Crippen LogP contribution is 2.13. The summed E-state index contributed by atoms with van der Waals surface area (Å²) in [6.45, 7) is 0. The number of nitrogens with zero attached hydrogens (tertiary/aromatic N) is 4. The number of halogens is 1. The van der Waals surface area contributed by atoms with Crippen molar-refractivity contribution in [2.75, 3.05) is 0 Å². The molecule has 0 N–H and O–H groups in total. The summed E-state index contributed by atoms with van der Waals surface area (Å²) < 4.78 is 1.32. The predicted molar refractivity (Wildman–Crippen MR) is 49.6 cm³/mol. The molecular weight excluding hydrogens is 204 g/mol. The van der Waals surface area contributed by atoms with Crippen LogP contribution in [0.15, 0.2) is 24.3 Å². The van der Waals surface area contributed by atoms with Crippen molar-refractivity contribution in [3.8, 4) is 5.69 Å². The number of hydrogen-bond acceptors (Lipinski definition) is 4. The van der Waals surface area contributed by atoms with Gasteiger partial charge in [-0.25, -0.2) is 0 Å². The molecule has 0 aliphatic heterocycles. The van der Waals surface area contributed by atoms with Crippen molar-refractivity contribution in [1.82, 2.24) is 20.2 Å². The molecule has 2 rings (SSSR count). The molecule has 0 aliphatic carbocycles. The number of benzene rings is 1. The molecule has 5 nitrogen and oxygen atoms in total. The molecule has 70 valence electrons. The van der Waals surface area contributed by atoms with Crippen LogP contribution in [0.2, 0.25) is 5.02 Å². The lowest BCUT2D eigenvalue weighted by atomic mass is 10.3.